The number of hydrogen-bond acceptors (Lipinski definition) is 3. The number of piperidine rings is 1. The molecule has 0 saturated carbocycles. The zero-order valence-electron chi connectivity index (χ0n) is 15.4. The van der Waals surface area contributed by atoms with Crippen molar-refractivity contribution in [3.63, 3.8) is 0 Å². The average Bonchev–Trinajstić information content (AvgIpc) is 2.64. The molecular weight excluding hydrogens is 475 g/mol. The van der Waals surface area contributed by atoms with E-state index in [1.54, 1.807) is 12.1 Å². The van der Waals surface area contributed by atoms with E-state index in [-0.39, 0.29) is 10.8 Å². The maximum atomic E-state index is 13.0. The van der Waals surface area contributed by atoms with Gasteiger partial charge in [0.1, 0.15) is 0 Å². The summed E-state index contributed by atoms with van der Waals surface area (Å²) in [4.78, 5) is 12.9. The van der Waals surface area contributed by atoms with Crippen LogP contribution in [-0.4, -0.2) is 31.7 Å². The fourth-order valence-electron chi connectivity index (χ4n) is 3.11. The molecule has 2 aromatic rings. The summed E-state index contributed by atoms with van der Waals surface area (Å²) < 4.78 is 28.5. The monoisotopic (exact) mass is 498 g/mol. The summed E-state index contributed by atoms with van der Waals surface area (Å²) >= 11 is 2.20. The first-order chi connectivity index (χ1) is 12.8. The van der Waals surface area contributed by atoms with Gasteiger partial charge >= 0.3 is 0 Å². The Hall–Kier alpha value is -1.45. The number of anilines is 1. The van der Waals surface area contributed by atoms with Gasteiger partial charge in [-0.2, -0.15) is 4.31 Å². The van der Waals surface area contributed by atoms with Gasteiger partial charge in [0.2, 0.25) is 10.0 Å². The van der Waals surface area contributed by atoms with Gasteiger partial charge in [-0.3, -0.25) is 4.79 Å². The quantitative estimate of drug-likeness (QED) is 0.641. The van der Waals surface area contributed by atoms with Gasteiger partial charge in [0.15, 0.2) is 0 Å². The van der Waals surface area contributed by atoms with E-state index in [0.29, 0.717) is 30.3 Å². The molecule has 0 aromatic heterocycles. The molecule has 0 atom stereocenters. The summed E-state index contributed by atoms with van der Waals surface area (Å²) in [7, 11) is -3.58. The molecule has 1 aliphatic heterocycles. The highest BCUT2D eigenvalue weighted by molar-refractivity contribution is 14.1. The lowest BCUT2D eigenvalue weighted by Crippen LogP contribution is -2.38. The van der Waals surface area contributed by atoms with E-state index >= 15 is 0 Å². The first-order valence-electron chi connectivity index (χ1n) is 8.95. The van der Waals surface area contributed by atoms with Crippen LogP contribution in [0.4, 0.5) is 5.69 Å². The van der Waals surface area contributed by atoms with Crippen LogP contribution >= 0.6 is 22.6 Å². The third-order valence-corrected chi connectivity index (χ3v) is 7.55. The number of aryl methyl sites for hydroxylation is 1. The normalized spacial score (nSPS) is 16.3. The topological polar surface area (TPSA) is 66.5 Å². The molecule has 2 aromatic carbocycles. The van der Waals surface area contributed by atoms with E-state index in [9.17, 15) is 13.2 Å². The molecule has 0 aliphatic carbocycles. The summed E-state index contributed by atoms with van der Waals surface area (Å²) in [5.74, 6) is 0.239. The number of nitrogens with zero attached hydrogens (tertiary/aromatic N) is 1. The number of carbonyl (C=O) groups is 1. The highest BCUT2D eigenvalue weighted by Gasteiger charge is 2.28. The molecule has 0 radical (unpaired) electrons. The van der Waals surface area contributed by atoms with E-state index in [2.05, 4.69) is 34.8 Å². The lowest BCUT2D eigenvalue weighted by molar-refractivity contribution is 0.102. The molecule has 7 heteroatoms. The van der Waals surface area contributed by atoms with Gasteiger partial charge in [0, 0.05) is 27.9 Å². The Morgan fingerprint density at radius 3 is 2.37 bits per heavy atom. The third-order valence-electron chi connectivity index (χ3n) is 4.94. The molecule has 1 amide bonds. The van der Waals surface area contributed by atoms with Gasteiger partial charge in [0.05, 0.1) is 4.90 Å². The Bertz CT molecular complexity index is 934. The van der Waals surface area contributed by atoms with Crippen LogP contribution in [0.2, 0.25) is 0 Å². The number of amides is 1. The zero-order valence-corrected chi connectivity index (χ0v) is 18.4. The summed E-state index contributed by atoms with van der Waals surface area (Å²) in [6.07, 6.45) is 1.73. The van der Waals surface area contributed by atoms with Crippen molar-refractivity contribution >= 4 is 44.2 Å². The highest BCUT2D eigenvalue weighted by Crippen LogP contribution is 2.25. The van der Waals surface area contributed by atoms with Gasteiger partial charge in [-0.05, 0) is 90.2 Å². The number of carbonyl (C=O) groups excluding carboxylic acids is 1. The van der Waals surface area contributed by atoms with E-state index < -0.39 is 10.0 Å². The molecule has 1 N–H and O–H groups in total. The molecule has 0 spiro atoms. The van der Waals surface area contributed by atoms with E-state index in [1.165, 1.54) is 10.4 Å². The van der Waals surface area contributed by atoms with Crippen molar-refractivity contribution in [3.05, 3.63) is 57.2 Å². The van der Waals surface area contributed by atoms with Gasteiger partial charge in [-0.25, -0.2) is 8.42 Å². The summed E-state index contributed by atoms with van der Waals surface area (Å²) in [5, 5.41) is 2.84. The maximum Gasteiger partial charge on any atom is 0.255 e. The second-order valence-electron chi connectivity index (χ2n) is 7.02. The summed E-state index contributed by atoms with van der Waals surface area (Å²) in [6, 6.07) is 12.2. The van der Waals surface area contributed by atoms with Crippen molar-refractivity contribution in [1.82, 2.24) is 4.31 Å². The van der Waals surface area contributed by atoms with Crippen LogP contribution in [0.15, 0.2) is 47.4 Å². The second-order valence-corrected chi connectivity index (χ2v) is 10.2. The molecule has 0 unspecified atom stereocenters. The Balaban J connectivity index is 1.85. The van der Waals surface area contributed by atoms with Crippen LogP contribution in [0.25, 0.3) is 0 Å². The SMILES string of the molecule is Cc1ccc(S(=O)(=O)N2CCC(C)CC2)cc1C(=O)Nc1ccc(I)cc1. The van der Waals surface area contributed by atoms with Gasteiger partial charge < -0.3 is 5.32 Å². The Labute approximate surface area is 174 Å². The van der Waals surface area contributed by atoms with Gasteiger partial charge in [-0.1, -0.05) is 13.0 Å². The first kappa shape index (κ1) is 20.3. The van der Waals surface area contributed by atoms with Crippen molar-refractivity contribution in [3.8, 4) is 0 Å². The van der Waals surface area contributed by atoms with Crippen LogP contribution in [0.3, 0.4) is 0 Å². The molecule has 27 heavy (non-hydrogen) atoms. The molecule has 1 heterocycles. The third kappa shape index (κ3) is 4.70. The van der Waals surface area contributed by atoms with E-state index in [4.69, 9.17) is 0 Å². The Morgan fingerprint density at radius 1 is 1.11 bits per heavy atom. The van der Waals surface area contributed by atoms with Crippen LogP contribution in [0.5, 0.6) is 0 Å². The maximum absolute atomic E-state index is 13.0. The van der Waals surface area contributed by atoms with Crippen molar-refractivity contribution in [1.29, 1.82) is 0 Å². The largest absolute Gasteiger partial charge is 0.322 e. The number of benzene rings is 2. The van der Waals surface area contributed by atoms with Gasteiger partial charge in [0.25, 0.3) is 5.91 Å². The molecule has 0 bridgehead atoms. The smallest absolute Gasteiger partial charge is 0.255 e. The van der Waals surface area contributed by atoms with Crippen molar-refractivity contribution in [2.75, 3.05) is 18.4 Å². The van der Waals surface area contributed by atoms with Crippen LogP contribution in [0.1, 0.15) is 35.7 Å². The molecule has 3 rings (SSSR count). The van der Waals surface area contributed by atoms with E-state index in [1.807, 2.05) is 31.2 Å². The Morgan fingerprint density at radius 2 is 1.74 bits per heavy atom. The minimum atomic E-state index is -3.58. The summed E-state index contributed by atoms with van der Waals surface area (Å²) in [5.41, 5.74) is 1.79. The Kier molecular flexibility index (Phi) is 6.22. The number of rotatable bonds is 4. The lowest BCUT2D eigenvalue weighted by Gasteiger charge is -2.29. The number of sulfonamides is 1. The van der Waals surface area contributed by atoms with Crippen molar-refractivity contribution in [2.24, 2.45) is 5.92 Å². The second kappa shape index (κ2) is 8.28. The van der Waals surface area contributed by atoms with Crippen LogP contribution < -0.4 is 5.32 Å². The number of nitrogens with one attached hydrogen (secondary N) is 1. The van der Waals surface area contributed by atoms with Crippen LogP contribution in [-0.2, 0) is 10.0 Å². The molecular formula is C20H23IN2O3S. The minimum Gasteiger partial charge on any atom is -0.322 e. The molecule has 5 nitrogen and oxygen atoms in total. The average molecular weight is 498 g/mol. The lowest BCUT2D eigenvalue weighted by atomic mass is 10.0. The fraction of sp³-hybridized carbons (Fsp3) is 0.350. The predicted molar refractivity (Wildman–Crippen MR) is 115 cm³/mol. The fourth-order valence-corrected chi connectivity index (χ4v) is 4.97. The number of hydrogen-bond donors (Lipinski definition) is 1. The standard InChI is InChI=1S/C20H23IN2O3S/c1-14-9-11-23(12-10-14)27(25,26)18-8-3-15(2)19(13-18)20(24)22-17-6-4-16(21)5-7-17/h3-8,13-14H,9-12H2,1-2H3,(H,22,24). The van der Waals surface area contributed by atoms with Crippen molar-refractivity contribution in [2.45, 2.75) is 31.6 Å². The summed E-state index contributed by atoms with van der Waals surface area (Å²) in [6.45, 7) is 5.01. The minimum absolute atomic E-state index is 0.176. The highest BCUT2D eigenvalue weighted by atomic mass is 127. The molecule has 1 aliphatic rings. The van der Waals surface area contributed by atoms with E-state index in [0.717, 1.165) is 22.0 Å². The number of halogens is 1. The predicted octanol–water partition coefficient (Wildman–Crippen LogP) is 4.27. The van der Waals surface area contributed by atoms with Crippen molar-refractivity contribution < 1.29 is 13.2 Å². The van der Waals surface area contributed by atoms with Crippen LogP contribution in [0, 0.1) is 16.4 Å². The molecule has 1 fully saturated rings. The first-order valence-corrected chi connectivity index (χ1v) is 11.5. The van der Waals surface area contributed by atoms with Gasteiger partial charge in [-0.15, -0.1) is 0 Å². The molecule has 144 valence electrons. The zero-order chi connectivity index (χ0) is 19.6. The molecule has 1 saturated heterocycles.